The fourth-order valence-electron chi connectivity index (χ4n) is 6.66. The van der Waals surface area contributed by atoms with E-state index < -0.39 is 23.2 Å². The zero-order valence-corrected chi connectivity index (χ0v) is 29.6. The molecule has 2 heterocycles. The summed E-state index contributed by atoms with van der Waals surface area (Å²) in [5, 5.41) is 0. The van der Waals surface area contributed by atoms with Crippen molar-refractivity contribution in [1.82, 2.24) is 0 Å². The molecule has 8 rings (SSSR count). The molecule has 5 heteroatoms. The molecule has 0 amide bonds. The van der Waals surface area contributed by atoms with E-state index >= 15 is 0 Å². The van der Waals surface area contributed by atoms with Crippen LogP contribution in [-0.2, 0) is 36.1 Å². The van der Waals surface area contributed by atoms with E-state index in [1.54, 1.807) is 17.7 Å². The third-order valence-corrected chi connectivity index (χ3v) is 15.3. The first-order chi connectivity index (χ1) is 20.2. The molecular formula is C38H30Cl2S2Zr. The molecule has 0 fully saturated rings. The van der Waals surface area contributed by atoms with E-state index in [1.165, 1.54) is 52.9 Å². The van der Waals surface area contributed by atoms with Gasteiger partial charge in [-0.25, -0.2) is 0 Å². The Hall–Kier alpha value is -2.26. The summed E-state index contributed by atoms with van der Waals surface area (Å²) in [4.78, 5) is 5.70. The molecule has 2 unspecified atom stereocenters. The third kappa shape index (κ3) is 5.26. The summed E-state index contributed by atoms with van der Waals surface area (Å²) in [5.74, 6) is 0.784. The van der Waals surface area contributed by atoms with Crippen molar-refractivity contribution in [2.24, 2.45) is 0 Å². The smallest absolute Gasteiger partial charge is 1.00 e. The second-order valence-electron chi connectivity index (χ2n) is 11.1. The van der Waals surface area contributed by atoms with E-state index in [0.717, 1.165) is 12.8 Å². The monoisotopic (exact) mass is 710 g/mol. The van der Waals surface area contributed by atoms with Crippen molar-refractivity contribution in [2.45, 2.75) is 38.5 Å². The molecule has 2 aromatic carbocycles. The van der Waals surface area contributed by atoms with Crippen LogP contribution < -0.4 is 24.8 Å². The summed E-state index contributed by atoms with van der Waals surface area (Å²) < 4.78 is 3.32. The number of benzene rings is 2. The van der Waals surface area contributed by atoms with Crippen LogP contribution in [0.15, 0.2) is 120 Å². The Morgan fingerprint density at radius 1 is 0.581 bits per heavy atom. The summed E-state index contributed by atoms with van der Waals surface area (Å²) in [6, 6.07) is 23.8. The standard InChI is InChI=1S/2C19H15S.2ClH.Zr/c2*1-2-16-8-10-19(20-16)14-7-9-18-15(12-14)11-13-5-3-4-6-17(13)18;;;/h2*3-10,12,17H,2H2,1H3;2*1H;/q;;;;+2/p-2. The van der Waals surface area contributed by atoms with Crippen LogP contribution in [0.4, 0.5) is 0 Å². The van der Waals surface area contributed by atoms with Crippen molar-refractivity contribution >= 4 is 29.2 Å². The minimum atomic E-state index is -1.17. The van der Waals surface area contributed by atoms with Crippen molar-refractivity contribution < 1.29 is 48.0 Å². The van der Waals surface area contributed by atoms with Crippen LogP contribution in [0, 0.1) is 0 Å². The molecule has 4 aliphatic carbocycles. The van der Waals surface area contributed by atoms with Gasteiger partial charge in [-0.05, 0) is 0 Å². The van der Waals surface area contributed by atoms with Gasteiger partial charge in [-0.2, -0.15) is 0 Å². The van der Waals surface area contributed by atoms with Crippen LogP contribution in [0.1, 0.15) is 57.7 Å². The molecule has 0 radical (unpaired) electrons. The van der Waals surface area contributed by atoms with Gasteiger partial charge in [0.25, 0.3) is 0 Å². The molecule has 0 spiro atoms. The summed E-state index contributed by atoms with van der Waals surface area (Å²) in [5.41, 5.74) is 11.8. The van der Waals surface area contributed by atoms with Gasteiger partial charge < -0.3 is 24.8 Å². The second kappa shape index (κ2) is 12.6. The van der Waals surface area contributed by atoms with Gasteiger partial charge in [0.2, 0.25) is 0 Å². The molecule has 0 nitrogen and oxygen atoms in total. The molecule has 212 valence electrons. The van der Waals surface area contributed by atoms with E-state index in [9.17, 15) is 0 Å². The molecule has 0 bridgehead atoms. The quantitative estimate of drug-likeness (QED) is 0.266. The van der Waals surface area contributed by atoms with Gasteiger partial charge in [0.05, 0.1) is 0 Å². The Labute approximate surface area is 286 Å². The Bertz CT molecular complexity index is 1770. The maximum atomic E-state index is 2.52. The molecule has 0 saturated carbocycles. The summed E-state index contributed by atoms with van der Waals surface area (Å²) >= 11 is 2.72. The molecule has 0 N–H and O–H groups in total. The van der Waals surface area contributed by atoms with Crippen LogP contribution >= 0.6 is 22.7 Å². The average molecular weight is 713 g/mol. The Morgan fingerprint density at radius 2 is 1.05 bits per heavy atom. The number of thiophene rings is 2. The van der Waals surface area contributed by atoms with E-state index in [4.69, 9.17) is 0 Å². The third-order valence-electron chi connectivity index (χ3n) is 8.78. The first-order valence-electron chi connectivity index (χ1n) is 14.6. The van der Waals surface area contributed by atoms with Gasteiger partial charge in [0, 0.05) is 0 Å². The maximum Gasteiger partial charge on any atom is -1.00 e. The van der Waals surface area contributed by atoms with Crippen molar-refractivity contribution in [1.29, 1.82) is 0 Å². The Kier molecular flexibility index (Phi) is 9.03. The van der Waals surface area contributed by atoms with Crippen LogP contribution in [-0.4, -0.2) is 0 Å². The van der Waals surface area contributed by atoms with Gasteiger partial charge in [0.15, 0.2) is 0 Å². The van der Waals surface area contributed by atoms with Crippen molar-refractivity contribution in [3.05, 3.63) is 152 Å². The molecule has 4 aliphatic rings. The zero-order chi connectivity index (χ0) is 27.5. The molecular weight excluding hydrogens is 683 g/mol. The maximum absolute atomic E-state index is 2.52. The van der Waals surface area contributed by atoms with Gasteiger partial charge in [0.1, 0.15) is 0 Å². The summed E-state index contributed by atoms with van der Waals surface area (Å²) in [6.45, 7) is 4.50. The van der Waals surface area contributed by atoms with Crippen LogP contribution in [0.3, 0.4) is 0 Å². The van der Waals surface area contributed by atoms with Crippen molar-refractivity contribution in [2.75, 3.05) is 0 Å². The van der Waals surface area contributed by atoms with E-state index in [0.29, 0.717) is 11.8 Å². The topological polar surface area (TPSA) is 0 Å². The van der Waals surface area contributed by atoms with E-state index in [1.807, 2.05) is 22.7 Å². The number of halogens is 2. The molecule has 2 atom stereocenters. The van der Waals surface area contributed by atoms with E-state index in [2.05, 4.69) is 123 Å². The molecule has 2 aromatic heterocycles. The fraction of sp³-hybridized carbons (Fsp3) is 0.158. The Morgan fingerprint density at radius 3 is 1.47 bits per heavy atom. The summed E-state index contributed by atoms with van der Waals surface area (Å²) in [6.07, 6.45) is 20.8. The number of hydrogen-bond donors (Lipinski definition) is 0. The van der Waals surface area contributed by atoms with Gasteiger partial charge >= 0.3 is 264 Å². The molecule has 0 aliphatic heterocycles. The normalized spacial score (nSPS) is 18.6. The number of fused-ring (bicyclic) bond motifs is 6. The van der Waals surface area contributed by atoms with E-state index in [-0.39, 0.29) is 24.8 Å². The minimum absolute atomic E-state index is 0. The van der Waals surface area contributed by atoms with Crippen molar-refractivity contribution in [3.63, 3.8) is 0 Å². The second-order valence-corrected chi connectivity index (χ2v) is 16.5. The predicted octanol–water partition coefficient (Wildman–Crippen LogP) is 4.93. The van der Waals surface area contributed by atoms with Gasteiger partial charge in [-0.3, -0.25) is 0 Å². The first kappa shape index (κ1) is 30.8. The number of allylic oxidation sites excluding steroid dienone is 10. The molecule has 4 aromatic rings. The van der Waals surface area contributed by atoms with Gasteiger partial charge in [-0.15, -0.1) is 0 Å². The average Bonchev–Trinajstić information content (AvgIpc) is 3.82. The first-order valence-corrected chi connectivity index (χ1v) is 18.7. The van der Waals surface area contributed by atoms with Crippen molar-refractivity contribution in [3.8, 4) is 20.9 Å². The SMILES string of the molecule is CCc1ccc(-c2ccc3c(c2)[C]([Zr+2][C]2=C4C=CC=CC4c4ccc(-c5ccc(CC)s5)cc42)=C2C=CC=CC23)s1.[Cl-].[Cl-]. The predicted molar refractivity (Wildman–Crippen MR) is 174 cm³/mol. The largest absolute Gasteiger partial charge is 1.00 e. The summed E-state index contributed by atoms with van der Waals surface area (Å²) in [7, 11) is 0. The number of aryl methyl sites for hydroxylation is 2. The zero-order valence-electron chi connectivity index (χ0n) is 24.0. The molecule has 43 heavy (non-hydrogen) atoms. The number of hydrogen-bond acceptors (Lipinski definition) is 2. The van der Waals surface area contributed by atoms with Gasteiger partial charge in [-0.1, -0.05) is 0 Å². The van der Waals surface area contributed by atoms with Crippen LogP contribution in [0.5, 0.6) is 0 Å². The van der Waals surface area contributed by atoms with Crippen LogP contribution in [0.25, 0.3) is 27.4 Å². The molecule has 0 saturated heterocycles. The fourth-order valence-corrected chi connectivity index (χ4v) is 12.8. The number of rotatable bonds is 6. The Balaban J connectivity index is 0.00000165. The van der Waals surface area contributed by atoms with Crippen LogP contribution in [0.2, 0.25) is 0 Å². The minimum Gasteiger partial charge on any atom is -1.00 e.